The fraction of sp³-hybridized carbons (Fsp3) is 0.393. The van der Waals surface area contributed by atoms with Crippen LogP contribution in [0.5, 0.6) is 5.75 Å². The molecular formula is C28H35ClN4O4. The number of aliphatic hydroxyl groups excluding tert-OH is 1. The molecule has 3 aromatic rings. The standard InChI is InChI=1S/C28H35ClN4O4/c1-5-33-15-23(32-28(33)18(4)31-16-35)20-8-6-19(7-9-20)14-21(12-13-34)25-22(27(30)36)10-11-24(26(25)29)37-17(2)3/h6-11,15-18,21,34H,5,12-14H2,1-4H3,(H2,30,36)(H,31,35). The highest BCUT2D eigenvalue weighted by molar-refractivity contribution is 6.33. The van der Waals surface area contributed by atoms with E-state index in [0.717, 1.165) is 29.2 Å². The van der Waals surface area contributed by atoms with Gasteiger partial charge in [0.2, 0.25) is 12.3 Å². The molecule has 2 aromatic carbocycles. The highest BCUT2D eigenvalue weighted by Crippen LogP contribution is 2.39. The number of hydrogen-bond donors (Lipinski definition) is 3. The molecule has 0 radical (unpaired) electrons. The zero-order chi connectivity index (χ0) is 27.1. The fourth-order valence-electron chi connectivity index (χ4n) is 4.48. The Hall–Kier alpha value is -3.36. The SMILES string of the molecule is CCn1cc(-c2ccc(CC(CCO)c3c(C(N)=O)ccc(OC(C)C)c3Cl)cc2)nc1C(C)NC=O. The number of primary amides is 1. The minimum atomic E-state index is -0.577. The van der Waals surface area contributed by atoms with E-state index < -0.39 is 5.91 Å². The van der Waals surface area contributed by atoms with Crippen LogP contribution in [0.4, 0.5) is 0 Å². The molecule has 2 amide bonds. The van der Waals surface area contributed by atoms with Gasteiger partial charge in [-0.2, -0.15) is 0 Å². The van der Waals surface area contributed by atoms with Crippen LogP contribution in [0.25, 0.3) is 11.3 Å². The number of aliphatic hydroxyl groups is 1. The monoisotopic (exact) mass is 526 g/mol. The van der Waals surface area contributed by atoms with Gasteiger partial charge < -0.3 is 25.5 Å². The first-order valence-corrected chi connectivity index (χ1v) is 12.8. The molecule has 0 saturated heterocycles. The Bertz CT molecular complexity index is 1220. The minimum absolute atomic E-state index is 0.0726. The average Bonchev–Trinajstić information content (AvgIpc) is 3.30. The van der Waals surface area contributed by atoms with Crippen LogP contribution in [0.2, 0.25) is 5.02 Å². The molecule has 3 rings (SSSR count). The third-order valence-electron chi connectivity index (χ3n) is 6.24. The van der Waals surface area contributed by atoms with E-state index in [2.05, 4.69) is 5.32 Å². The second-order valence-corrected chi connectivity index (χ2v) is 9.63. The largest absolute Gasteiger partial charge is 0.489 e. The summed E-state index contributed by atoms with van der Waals surface area (Å²) in [5.74, 6) is 0.444. The Kier molecular flexibility index (Phi) is 9.72. The highest BCUT2D eigenvalue weighted by atomic mass is 35.5. The number of imidazole rings is 1. The second kappa shape index (κ2) is 12.7. The van der Waals surface area contributed by atoms with Crippen LogP contribution < -0.4 is 15.8 Å². The van der Waals surface area contributed by atoms with Crippen LogP contribution in [-0.2, 0) is 17.8 Å². The Labute approximate surface area is 222 Å². The quantitative estimate of drug-likeness (QED) is 0.281. The van der Waals surface area contributed by atoms with Crippen LogP contribution in [0, 0.1) is 0 Å². The Morgan fingerprint density at radius 2 is 1.92 bits per heavy atom. The summed E-state index contributed by atoms with van der Waals surface area (Å²) in [6.45, 7) is 8.38. The van der Waals surface area contributed by atoms with Gasteiger partial charge in [0.15, 0.2) is 0 Å². The molecule has 198 valence electrons. The first-order valence-electron chi connectivity index (χ1n) is 12.5. The van der Waals surface area contributed by atoms with Gasteiger partial charge in [0.05, 0.1) is 22.9 Å². The maximum absolute atomic E-state index is 12.2. The first-order chi connectivity index (χ1) is 17.7. The molecule has 0 bridgehead atoms. The lowest BCUT2D eigenvalue weighted by Gasteiger charge is -2.23. The van der Waals surface area contributed by atoms with Crippen molar-refractivity contribution in [2.45, 2.75) is 65.1 Å². The molecule has 8 nitrogen and oxygen atoms in total. The van der Waals surface area contributed by atoms with Gasteiger partial charge in [-0.15, -0.1) is 0 Å². The van der Waals surface area contributed by atoms with E-state index in [9.17, 15) is 14.7 Å². The summed E-state index contributed by atoms with van der Waals surface area (Å²) in [7, 11) is 0. The number of nitrogens with one attached hydrogen (secondary N) is 1. The van der Waals surface area contributed by atoms with Crippen molar-refractivity contribution < 1.29 is 19.4 Å². The molecule has 0 aliphatic carbocycles. The number of hydrogen-bond acceptors (Lipinski definition) is 5. The van der Waals surface area contributed by atoms with Gasteiger partial charge in [-0.25, -0.2) is 4.98 Å². The Morgan fingerprint density at radius 1 is 1.22 bits per heavy atom. The maximum Gasteiger partial charge on any atom is 0.249 e. The third-order valence-corrected chi connectivity index (χ3v) is 6.63. The van der Waals surface area contributed by atoms with Crippen molar-refractivity contribution >= 4 is 23.9 Å². The number of ether oxygens (including phenoxy) is 1. The number of rotatable bonds is 13. The summed E-state index contributed by atoms with van der Waals surface area (Å²) in [6, 6.07) is 11.1. The molecule has 1 aromatic heterocycles. The van der Waals surface area contributed by atoms with E-state index in [1.807, 2.05) is 62.7 Å². The van der Waals surface area contributed by atoms with E-state index in [0.29, 0.717) is 41.2 Å². The summed E-state index contributed by atoms with van der Waals surface area (Å²) in [6.07, 6.45) is 3.50. The molecule has 0 fully saturated rings. The lowest BCUT2D eigenvalue weighted by Crippen LogP contribution is -2.20. The topological polar surface area (TPSA) is 119 Å². The number of carbonyl (C=O) groups excluding carboxylic acids is 2. The predicted octanol–water partition coefficient (Wildman–Crippen LogP) is 4.63. The number of amides is 2. The van der Waals surface area contributed by atoms with Crippen molar-refractivity contribution in [2.24, 2.45) is 5.73 Å². The Morgan fingerprint density at radius 3 is 2.49 bits per heavy atom. The molecule has 0 spiro atoms. The number of halogens is 1. The first kappa shape index (κ1) is 28.2. The van der Waals surface area contributed by atoms with Crippen LogP contribution >= 0.6 is 11.6 Å². The Balaban J connectivity index is 1.93. The van der Waals surface area contributed by atoms with Gasteiger partial charge in [-0.1, -0.05) is 35.9 Å². The van der Waals surface area contributed by atoms with Crippen molar-refractivity contribution in [1.82, 2.24) is 14.9 Å². The van der Waals surface area contributed by atoms with E-state index >= 15 is 0 Å². The lowest BCUT2D eigenvalue weighted by atomic mass is 9.86. The van der Waals surface area contributed by atoms with E-state index in [1.54, 1.807) is 12.1 Å². The summed E-state index contributed by atoms with van der Waals surface area (Å²) in [4.78, 5) is 27.9. The second-order valence-electron chi connectivity index (χ2n) is 9.26. The number of aromatic nitrogens is 2. The summed E-state index contributed by atoms with van der Waals surface area (Å²) in [5, 5.41) is 12.9. The number of benzene rings is 2. The van der Waals surface area contributed by atoms with Crippen molar-refractivity contribution in [3.63, 3.8) is 0 Å². The fourth-order valence-corrected chi connectivity index (χ4v) is 4.84. The van der Waals surface area contributed by atoms with Crippen molar-refractivity contribution in [1.29, 1.82) is 0 Å². The summed E-state index contributed by atoms with van der Waals surface area (Å²) >= 11 is 6.73. The third kappa shape index (κ3) is 6.70. The number of aryl methyl sites for hydroxylation is 1. The molecule has 0 aliphatic heterocycles. The zero-order valence-corrected chi connectivity index (χ0v) is 22.5. The van der Waals surface area contributed by atoms with Crippen LogP contribution in [0.3, 0.4) is 0 Å². The van der Waals surface area contributed by atoms with Gasteiger partial charge in [0.25, 0.3) is 0 Å². The average molecular weight is 527 g/mol. The van der Waals surface area contributed by atoms with E-state index in [-0.39, 0.29) is 24.7 Å². The molecule has 2 atom stereocenters. The molecule has 9 heteroatoms. The smallest absolute Gasteiger partial charge is 0.249 e. The molecule has 1 heterocycles. The number of nitrogens with zero attached hydrogens (tertiary/aromatic N) is 2. The predicted molar refractivity (Wildman–Crippen MR) is 145 cm³/mol. The van der Waals surface area contributed by atoms with Crippen LogP contribution in [0.15, 0.2) is 42.6 Å². The van der Waals surface area contributed by atoms with Crippen LogP contribution in [0.1, 0.15) is 73.4 Å². The van der Waals surface area contributed by atoms with Crippen molar-refractivity contribution in [2.75, 3.05) is 6.61 Å². The molecule has 0 aliphatic rings. The molecular weight excluding hydrogens is 492 g/mol. The van der Waals surface area contributed by atoms with E-state index in [1.165, 1.54) is 0 Å². The van der Waals surface area contributed by atoms with Gasteiger partial charge >= 0.3 is 0 Å². The highest BCUT2D eigenvalue weighted by Gasteiger charge is 2.25. The van der Waals surface area contributed by atoms with Crippen molar-refractivity contribution in [3.8, 4) is 17.0 Å². The number of carbonyl (C=O) groups is 2. The van der Waals surface area contributed by atoms with Gasteiger partial charge in [-0.05, 0) is 69.7 Å². The summed E-state index contributed by atoms with van der Waals surface area (Å²) < 4.78 is 7.85. The number of nitrogens with two attached hydrogens (primary N) is 1. The normalized spacial score (nSPS) is 12.8. The zero-order valence-electron chi connectivity index (χ0n) is 21.7. The van der Waals surface area contributed by atoms with Crippen LogP contribution in [-0.4, -0.2) is 39.7 Å². The molecule has 2 unspecified atom stereocenters. The molecule has 4 N–H and O–H groups in total. The van der Waals surface area contributed by atoms with E-state index in [4.69, 9.17) is 27.1 Å². The van der Waals surface area contributed by atoms with Crippen molar-refractivity contribution in [3.05, 3.63) is 70.1 Å². The molecule has 37 heavy (non-hydrogen) atoms. The minimum Gasteiger partial charge on any atom is -0.489 e. The van der Waals surface area contributed by atoms with Gasteiger partial charge in [-0.3, -0.25) is 9.59 Å². The van der Waals surface area contributed by atoms with Gasteiger partial charge in [0, 0.05) is 30.5 Å². The summed E-state index contributed by atoms with van der Waals surface area (Å²) in [5.41, 5.74) is 9.36. The maximum atomic E-state index is 12.2. The lowest BCUT2D eigenvalue weighted by molar-refractivity contribution is -0.110. The molecule has 0 saturated carbocycles. The van der Waals surface area contributed by atoms with Gasteiger partial charge in [0.1, 0.15) is 11.6 Å².